The summed E-state index contributed by atoms with van der Waals surface area (Å²) in [6.45, 7) is 9.28. The third-order valence-electron chi connectivity index (χ3n) is 1.80. The molecule has 0 atom stereocenters. The molecule has 74 valence electrons. The molecular formula is C12H21N. The van der Waals surface area contributed by atoms with Crippen molar-refractivity contribution in [2.45, 2.75) is 20.8 Å². The van der Waals surface area contributed by atoms with Gasteiger partial charge in [0.05, 0.1) is 0 Å². The Morgan fingerprint density at radius 3 is 1.23 bits per heavy atom. The van der Waals surface area contributed by atoms with Gasteiger partial charge in [-0.2, -0.15) is 0 Å². The monoisotopic (exact) mass is 179 g/mol. The Bertz CT molecular complexity index is 144. The summed E-state index contributed by atoms with van der Waals surface area (Å²) in [4.78, 5) is 2.38. The molecule has 0 aliphatic carbocycles. The second kappa shape index (κ2) is 9.27. The van der Waals surface area contributed by atoms with Gasteiger partial charge >= 0.3 is 0 Å². The first-order chi connectivity index (χ1) is 6.35. The van der Waals surface area contributed by atoms with Crippen molar-refractivity contribution in [3.05, 3.63) is 36.5 Å². The van der Waals surface area contributed by atoms with Crippen LogP contribution in [0.3, 0.4) is 0 Å². The molecule has 0 rings (SSSR count). The summed E-state index contributed by atoms with van der Waals surface area (Å²) in [6, 6.07) is 0. The van der Waals surface area contributed by atoms with Crippen molar-refractivity contribution in [3.63, 3.8) is 0 Å². The van der Waals surface area contributed by atoms with Crippen LogP contribution in [0.2, 0.25) is 0 Å². The van der Waals surface area contributed by atoms with E-state index in [0.29, 0.717) is 0 Å². The average Bonchev–Trinajstić information content (AvgIpc) is 2.17. The molecule has 0 saturated heterocycles. The molecule has 13 heavy (non-hydrogen) atoms. The molecule has 0 aromatic carbocycles. The standard InChI is InChI=1S/C12H21N/c1-4-7-10-13(11-8-5-2)12-9-6-3/h4-9H,10-12H2,1-3H3. The number of rotatable bonds is 6. The maximum atomic E-state index is 2.38. The van der Waals surface area contributed by atoms with Gasteiger partial charge in [0.2, 0.25) is 0 Å². The van der Waals surface area contributed by atoms with Gasteiger partial charge in [0, 0.05) is 19.6 Å². The fourth-order valence-electron chi connectivity index (χ4n) is 0.987. The first kappa shape index (κ1) is 12.2. The molecule has 0 aliphatic rings. The molecule has 0 aliphatic heterocycles. The highest BCUT2D eigenvalue weighted by Crippen LogP contribution is 1.91. The Hall–Kier alpha value is -0.820. The van der Waals surface area contributed by atoms with Crippen LogP contribution in [0.15, 0.2) is 36.5 Å². The van der Waals surface area contributed by atoms with E-state index in [9.17, 15) is 0 Å². The Morgan fingerprint density at radius 2 is 1.00 bits per heavy atom. The molecule has 0 spiro atoms. The fourth-order valence-corrected chi connectivity index (χ4v) is 0.987. The summed E-state index contributed by atoms with van der Waals surface area (Å²) in [5.74, 6) is 0. The maximum Gasteiger partial charge on any atom is 0.0169 e. The highest BCUT2D eigenvalue weighted by atomic mass is 15.1. The minimum atomic E-state index is 1.03. The van der Waals surface area contributed by atoms with E-state index >= 15 is 0 Å². The van der Waals surface area contributed by atoms with Gasteiger partial charge in [0.15, 0.2) is 0 Å². The first-order valence-corrected chi connectivity index (χ1v) is 4.91. The highest BCUT2D eigenvalue weighted by molar-refractivity contribution is 4.90. The van der Waals surface area contributed by atoms with E-state index in [1.807, 2.05) is 0 Å². The van der Waals surface area contributed by atoms with Crippen LogP contribution < -0.4 is 0 Å². The van der Waals surface area contributed by atoms with E-state index in [1.54, 1.807) is 0 Å². The third kappa shape index (κ3) is 7.54. The molecule has 0 radical (unpaired) electrons. The van der Waals surface area contributed by atoms with Gasteiger partial charge in [-0.1, -0.05) is 36.5 Å². The van der Waals surface area contributed by atoms with Gasteiger partial charge < -0.3 is 0 Å². The molecule has 0 bridgehead atoms. The summed E-state index contributed by atoms with van der Waals surface area (Å²) in [5, 5.41) is 0. The summed E-state index contributed by atoms with van der Waals surface area (Å²) in [7, 11) is 0. The quantitative estimate of drug-likeness (QED) is 0.566. The van der Waals surface area contributed by atoms with Crippen molar-refractivity contribution in [2.24, 2.45) is 0 Å². The van der Waals surface area contributed by atoms with Crippen molar-refractivity contribution < 1.29 is 0 Å². The molecule has 0 N–H and O–H groups in total. The Labute approximate surface area is 82.4 Å². The molecule has 0 amide bonds. The third-order valence-corrected chi connectivity index (χ3v) is 1.80. The number of hydrogen-bond acceptors (Lipinski definition) is 1. The molecule has 0 aromatic heterocycles. The lowest BCUT2D eigenvalue weighted by Crippen LogP contribution is -2.23. The fraction of sp³-hybridized carbons (Fsp3) is 0.500. The Kier molecular flexibility index (Phi) is 8.68. The van der Waals surface area contributed by atoms with Gasteiger partial charge in [-0.05, 0) is 20.8 Å². The van der Waals surface area contributed by atoms with Crippen LogP contribution in [0.4, 0.5) is 0 Å². The predicted octanol–water partition coefficient (Wildman–Crippen LogP) is 3.02. The predicted molar refractivity (Wildman–Crippen MR) is 60.9 cm³/mol. The van der Waals surface area contributed by atoms with E-state index in [-0.39, 0.29) is 0 Å². The smallest absolute Gasteiger partial charge is 0.0169 e. The van der Waals surface area contributed by atoms with E-state index in [0.717, 1.165) is 19.6 Å². The largest absolute Gasteiger partial charge is 0.292 e. The minimum Gasteiger partial charge on any atom is -0.292 e. The second-order valence-corrected chi connectivity index (χ2v) is 2.93. The lowest BCUT2D eigenvalue weighted by Gasteiger charge is -2.16. The molecule has 1 heteroatoms. The van der Waals surface area contributed by atoms with Gasteiger partial charge in [-0.3, -0.25) is 4.90 Å². The first-order valence-electron chi connectivity index (χ1n) is 4.91. The van der Waals surface area contributed by atoms with E-state index in [4.69, 9.17) is 0 Å². The average molecular weight is 179 g/mol. The van der Waals surface area contributed by atoms with Crippen LogP contribution in [-0.4, -0.2) is 24.5 Å². The van der Waals surface area contributed by atoms with Gasteiger partial charge in [0.25, 0.3) is 0 Å². The van der Waals surface area contributed by atoms with Crippen molar-refractivity contribution in [1.29, 1.82) is 0 Å². The Morgan fingerprint density at radius 1 is 0.692 bits per heavy atom. The molecule has 0 heterocycles. The summed E-state index contributed by atoms with van der Waals surface area (Å²) >= 11 is 0. The zero-order valence-corrected chi connectivity index (χ0v) is 9.03. The van der Waals surface area contributed by atoms with Crippen LogP contribution >= 0.6 is 0 Å². The summed E-state index contributed by atoms with van der Waals surface area (Å²) in [6.07, 6.45) is 12.8. The van der Waals surface area contributed by atoms with Crippen molar-refractivity contribution in [2.75, 3.05) is 19.6 Å². The molecule has 0 unspecified atom stereocenters. The topological polar surface area (TPSA) is 3.24 Å². The molecule has 0 fully saturated rings. The van der Waals surface area contributed by atoms with Gasteiger partial charge in [-0.15, -0.1) is 0 Å². The molecule has 0 aromatic rings. The number of hydrogen-bond donors (Lipinski definition) is 0. The van der Waals surface area contributed by atoms with Crippen molar-refractivity contribution in [3.8, 4) is 0 Å². The zero-order valence-electron chi connectivity index (χ0n) is 9.03. The zero-order chi connectivity index (χ0) is 9.94. The van der Waals surface area contributed by atoms with Crippen LogP contribution in [0.5, 0.6) is 0 Å². The van der Waals surface area contributed by atoms with Crippen LogP contribution in [0, 0.1) is 0 Å². The highest BCUT2D eigenvalue weighted by Gasteiger charge is 1.95. The summed E-state index contributed by atoms with van der Waals surface area (Å²) < 4.78 is 0. The van der Waals surface area contributed by atoms with Crippen LogP contribution in [-0.2, 0) is 0 Å². The summed E-state index contributed by atoms with van der Waals surface area (Å²) in [5.41, 5.74) is 0. The number of nitrogens with zero attached hydrogens (tertiary/aromatic N) is 1. The minimum absolute atomic E-state index is 1.03. The SMILES string of the molecule is CC=CCN(CC=CC)CC=CC. The lowest BCUT2D eigenvalue weighted by atomic mass is 10.4. The molecule has 1 nitrogen and oxygen atoms in total. The normalized spacial score (nSPS) is 12.9. The lowest BCUT2D eigenvalue weighted by molar-refractivity contribution is 0.372. The second-order valence-electron chi connectivity index (χ2n) is 2.93. The maximum absolute atomic E-state index is 2.38. The van der Waals surface area contributed by atoms with Crippen molar-refractivity contribution in [1.82, 2.24) is 4.90 Å². The van der Waals surface area contributed by atoms with Crippen LogP contribution in [0.1, 0.15) is 20.8 Å². The van der Waals surface area contributed by atoms with E-state index in [1.165, 1.54) is 0 Å². The van der Waals surface area contributed by atoms with Gasteiger partial charge in [0.1, 0.15) is 0 Å². The molecule has 0 saturated carbocycles. The van der Waals surface area contributed by atoms with E-state index in [2.05, 4.69) is 62.1 Å². The molecular weight excluding hydrogens is 158 g/mol. The van der Waals surface area contributed by atoms with E-state index < -0.39 is 0 Å². The number of allylic oxidation sites excluding steroid dienone is 3. The Balaban J connectivity index is 3.86. The van der Waals surface area contributed by atoms with Crippen LogP contribution in [0.25, 0.3) is 0 Å². The van der Waals surface area contributed by atoms with Gasteiger partial charge in [-0.25, -0.2) is 0 Å². The van der Waals surface area contributed by atoms with Crippen molar-refractivity contribution >= 4 is 0 Å².